The largest absolute Gasteiger partial charge is 0.381 e. The van der Waals surface area contributed by atoms with Crippen LogP contribution in [0.5, 0.6) is 0 Å². The maximum Gasteiger partial charge on any atom is 0.115 e. The number of rotatable bonds is 3. The highest BCUT2D eigenvalue weighted by molar-refractivity contribution is 5.81. The number of nitrogens with zero attached hydrogens (tertiary/aromatic N) is 3. The molecule has 2 aromatic heterocycles. The van der Waals surface area contributed by atoms with Gasteiger partial charge in [0.1, 0.15) is 6.33 Å². The third-order valence-corrected chi connectivity index (χ3v) is 2.55. The molecule has 0 aliphatic rings. The summed E-state index contributed by atoms with van der Waals surface area (Å²) in [5.41, 5.74) is 3.15. The molecule has 17 heavy (non-hydrogen) atoms. The van der Waals surface area contributed by atoms with Crippen LogP contribution in [-0.4, -0.2) is 20.2 Å². The van der Waals surface area contributed by atoms with Crippen LogP contribution in [0.2, 0.25) is 0 Å². The predicted molar refractivity (Wildman–Crippen MR) is 65.5 cm³/mol. The van der Waals surface area contributed by atoms with Crippen molar-refractivity contribution >= 4 is 16.6 Å². The van der Waals surface area contributed by atoms with E-state index >= 15 is 0 Å². The Hall–Kier alpha value is -2.43. The van der Waals surface area contributed by atoms with Crippen molar-refractivity contribution in [3.63, 3.8) is 0 Å². The summed E-state index contributed by atoms with van der Waals surface area (Å²) in [7, 11) is 0. The van der Waals surface area contributed by atoms with E-state index in [-0.39, 0.29) is 0 Å². The summed E-state index contributed by atoms with van der Waals surface area (Å²) >= 11 is 0. The van der Waals surface area contributed by atoms with Crippen molar-refractivity contribution in [3.8, 4) is 0 Å². The monoisotopic (exact) mass is 225 g/mol. The second-order valence-electron chi connectivity index (χ2n) is 3.77. The fraction of sp³-hybridized carbons (Fsp3) is 0.0833. The topological polar surface area (TPSA) is 66.5 Å². The third kappa shape index (κ3) is 2.08. The van der Waals surface area contributed by atoms with Gasteiger partial charge < -0.3 is 5.32 Å². The SMILES string of the molecule is c1ncc(CNc2ccc3[nH]ncc3c2)cn1. The van der Waals surface area contributed by atoms with E-state index in [1.54, 1.807) is 12.4 Å². The molecule has 0 unspecified atom stereocenters. The Labute approximate surface area is 97.9 Å². The fourth-order valence-electron chi connectivity index (χ4n) is 1.68. The maximum atomic E-state index is 3.99. The number of nitrogens with one attached hydrogen (secondary N) is 2. The summed E-state index contributed by atoms with van der Waals surface area (Å²) in [6.45, 7) is 0.712. The summed E-state index contributed by atoms with van der Waals surface area (Å²) in [6, 6.07) is 6.08. The van der Waals surface area contributed by atoms with Crippen molar-refractivity contribution in [3.05, 3.63) is 48.7 Å². The van der Waals surface area contributed by atoms with Crippen LogP contribution >= 0.6 is 0 Å². The van der Waals surface area contributed by atoms with E-state index in [4.69, 9.17) is 0 Å². The van der Waals surface area contributed by atoms with Gasteiger partial charge in [-0.2, -0.15) is 5.10 Å². The first-order valence-corrected chi connectivity index (χ1v) is 5.33. The lowest BCUT2D eigenvalue weighted by Gasteiger charge is -2.05. The van der Waals surface area contributed by atoms with Crippen molar-refractivity contribution < 1.29 is 0 Å². The second kappa shape index (κ2) is 4.21. The van der Waals surface area contributed by atoms with E-state index in [1.165, 1.54) is 6.33 Å². The van der Waals surface area contributed by atoms with Gasteiger partial charge in [0.25, 0.3) is 0 Å². The average Bonchev–Trinajstić information content (AvgIpc) is 2.85. The molecule has 0 aliphatic carbocycles. The molecular formula is C12H11N5. The molecule has 0 saturated heterocycles. The summed E-state index contributed by atoms with van der Waals surface area (Å²) in [4.78, 5) is 7.95. The van der Waals surface area contributed by atoms with E-state index in [1.807, 2.05) is 18.3 Å². The zero-order valence-electron chi connectivity index (χ0n) is 9.09. The summed E-state index contributed by atoms with van der Waals surface area (Å²) in [5, 5.41) is 11.3. The van der Waals surface area contributed by atoms with Gasteiger partial charge in [-0.1, -0.05) is 0 Å². The third-order valence-electron chi connectivity index (χ3n) is 2.55. The highest BCUT2D eigenvalue weighted by Gasteiger charge is 1.98. The van der Waals surface area contributed by atoms with Crippen LogP contribution in [0.15, 0.2) is 43.1 Å². The lowest BCUT2D eigenvalue weighted by Crippen LogP contribution is -1.99. The van der Waals surface area contributed by atoms with Crippen molar-refractivity contribution in [2.24, 2.45) is 0 Å². The van der Waals surface area contributed by atoms with E-state index in [2.05, 4.69) is 31.5 Å². The molecule has 3 aromatic rings. The first-order chi connectivity index (χ1) is 8.42. The molecule has 0 radical (unpaired) electrons. The molecule has 0 spiro atoms. The summed E-state index contributed by atoms with van der Waals surface area (Å²) in [6.07, 6.45) is 6.94. The van der Waals surface area contributed by atoms with Gasteiger partial charge in [0, 0.05) is 35.6 Å². The van der Waals surface area contributed by atoms with Crippen LogP contribution in [-0.2, 0) is 6.54 Å². The van der Waals surface area contributed by atoms with E-state index < -0.39 is 0 Å². The predicted octanol–water partition coefficient (Wildman–Crippen LogP) is 1.96. The average molecular weight is 225 g/mol. The standard InChI is InChI=1S/C12H11N5/c1-2-12-10(7-16-17-12)3-11(1)15-6-9-4-13-8-14-5-9/h1-5,7-8,15H,6H2,(H,16,17). The van der Waals surface area contributed by atoms with Crippen LogP contribution in [0.1, 0.15) is 5.56 Å². The first kappa shape index (κ1) is 9.77. The highest BCUT2D eigenvalue weighted by Crippen LogP contribution is 2.17. The van der Waals surface area contributed by atoms with E-state index in [0.29, 0.717) is 6.54 Å². The van der Waals surface area contributed by atoms with Gasteiger partial charge in [0.2, 0.25) is 0 Å². The van der Waals surface area contributed by atoms with Gasteiger partial charge in [-0.3, -0.25) is 5.10 Å². The zero-order valence-corrected chi connectivity index (χ0v) is 9.09. The number of hydrogen-bond acceptors (Lipinski definition) is 4. The van der Waals surface area contributed by atoms with Crippen LogP contribution < -0.4 is 5.32 Å². The second-order valence-corrected chi connectivity index (χ2v) is 3.77. The van der Waals surface area contributed by atoms with Crippen LogP contribution in [0, 0.1) is 0 Å². The van der Waals surface area contributed by atoms with Crippen LogP contribution in [0.4, 0.5) is 5.69 Å². The molecule has 0 bridgehead atoms. The number of aromatic nitrogens is 4. The number of benzene rings is 1. The molecule has 0 saturated carbocycles. The molecule has 0 atom stereocenters. The number of H-pyrrole nitrogens is 1. The Morgan fingerprint density at radius 2 is 2.00 bits per heavy atom. The molecule has 84 valence electrons. The highest BCUT2D eigenvalue weighted by atomic mass is 15.1. The lowest BCUT2D eigenvalue weighted by atomic mass is 10.2. The normalized spacial score (nSPS) is 10.6. The molecule has 2 heterocycles. The van der Waals surface area contributed by atoms with Crippen molar-refractivity contribution in [2.45, 2.75) is 6.54 Å². The van der Waals surface area contributed by atoms with Crippen LogP contribution in [0.3, 0.4) is 0 Å². The summed E-state index contributed by atoms with van der Waals surface area (Å²) < 4.78 is 0. The molecule has 5 heteroatoms. The molecule has 3 rings (SSSR count). The smallest absolute Gasteiger partial charge is 0.115 e. The van der Waals surface area contributed by atoms with Gasteiger partial charge in [0.15, 0.2) is 0 Å². The van der Waals surface area contributed by atoms with Gasteiger partial charge >= 0.3 is 0 Å². The zero-order chi connectivity index (χ0) is 11.5. The van der Waals surface area contributed by atoms with E-state index in [0.717, 1.165) is 22.2 Å². The number of anilines is 1. The van der Waals surface area contributed by atoms with Gasteiger partial charge in [0.05, 0.1) is 11.7 Å². The number of aromatic amines is 1. The summed E-state index contributed by atoms with van der Waals surface area (Å²) in [5.74, 6) is 0. The molecule has 0 fully saturated rings. The minimum Gasteiger partial charge on any atom is -0.381 e. The molecule has 0 amide bonds. The lowest BCUT2D eigenvalue weighted by molar-refractivity contribution is 1.05. The maximum absolute atomic E-state index is 3.99. The Balaban J connectivity index is 1.76. The molecule has 5 nitrogen and oxygen atoms in total. The molecule has 1 aromatic carbocycles. The van der Waals surface area contributed by atoms with Gasteiger partial charge in [-0.25, -0.2) is 9.97 Å². The van der Waals surface area contributed by atoms with Crippen molar-refractivity contribution in [2.75, 3.05) is 5.32 Å². The quantitative estimate of drug-likeness (QED) is 0.715. The van der Waals surface area contributed by atoms with Crippen LogP contribution in [0.25, 0.3) is 10.9 Å². The van der Waals surface area contributed by atoms with Crippen molar-refractivity contribution in [1.29, 1.82) is 0 Å². The molecule has 2 N–H and O–H groups in total. The van der Waals surface area contributed by atoms with E-state index in [9.17, 15) is 0 Å². The fourth-order valence-corrected chi connectivity index (χ4v) is 1.68. The van der Waals surface area contributed by atoms with Crippen molar-refractivity contribution in [1.82, 2.24) is 20.2 Å². The van der Waals surface area contributed by atoms with Gasteiger partial charge in [-0.05, 0) is 18.2 Å². The number of hydrogen-bond donors (Lipinski definition) is 2. The molecule has 0 aliphatic heterocycles. The Bertz CT molecular complexity index is 617. The Morgan fingerprint density at radius 3 is 2.88 bits per heavy atom. The minimum atomic E-state index is 0.712. The van der Waals surface area contributed by atoms with Gasteiger partial charge in [-0.15, -0.1) is 0 Å². The minimum absolute atomic E-state index is 0.712. The Morgan fingerprint density at radius 1 is 1.12 bits per heavy atom. The Kier molecular flexibility index (Phi) is 2.42. The first-order valence-electron chi connectivity index (χ1n) is 5.33. The number of fused-ring (bicyclic) bond motifs is 1. The molecular weight excluding hydrogens is 214 g/mol.